The van der Waals surface area contributed by atoms with Crippen LogP contribution in [0.2, 0.25) is 0 Å². The van der Waals surface area contributed by atoms with Gasteiger partial charge in [0.05, 0.1) is 18.6 Å². The fourth-order valence-electron chi connectivity index (χ4n) is 1.30. The number of nitro groups is 1. The summed E-state index contributed by atoms with van der Waals surface area (Å²) in [7, 11) is 1.27. The van der Waals surface area contributed by atoms with Gasteiger partial charge in [-0.15, -0.1) is 0 Å². The van der Waals surface area contributed by atoms with E-state index >= 15 is 0 Å². The topological polar surface area (TPSA) is 119 Å². The molecule has 0 aromatic carbocycles. The van der Waals surface area contributed by atoms with Crippen molar-refractivity contribution in [3.05, 3.63) is 16.4 Å². The second kappa shape index (κ2) is 7.09. The number of carbonyl (C=O) groups excluding carboxylic acids is 1. The Labute approximate surface area is 109 Å². The summed E-state index contributed by atoms with van der Waals surface area (Å²) in [6.45, 7) is 2.37. The van der Waals surface area contributed by atoms with Crippen LogP contribution in [-0.2, 0) is 4.79 Å². The van der Waals surface area contributed by atoms with Gasteiger partial charge in [0, 0.05) is 6.54 Å². The lowest BCUT2D eigenvalue weighted by atomic mass is 10.4. The molecule has 0 aliphatic rings. The number of rotatable bonds is 7. The maximum atomic E-state index is 11.4. The number of hydrogen-bond donors (Lipinski definition) is 2. The van der Waals surface area contributed by atoms with Gasteiger partial charge < -0.3 is 15.4 Å². The van der Waals surface area contributed by atoms with Crippen LogP contribution >= 0.6 is 0 Å². The van der Waals surface area contributed by atoms with E-state index < -0.39 is 10.6 Å². The highest BCUT2D eigenvalue weighted by atomic mass is 16.6. The Morgan fingerprint density at radius 3 is 2.84 bits per heavy atom. The van der Waals surface area contributed by atoms with Crippen molar-refractivity contribution in [2.45, 2.75) is 13.3 Å². The summed E-state index contributed by atoms with van der Waals surface area (Å²) in [6, 6.07) is 0. The predicted molar refractivity (Wildman–Crippen MR) is 67.0 cm³/mol. The number of carbonyl (C=O) groups is 1. The van der Waals surface area contributed by atoms with Crippen LogP contribution in [0.3, 0.4) is 0 Å². The Hall–Kier alpha value is -2.45. The number of nitrogens with zero attached hydrogens (tertiary/aromatic N) is 3. The van der Waals surface area contributed by atoms with Crippen molar-refractivity contribution in [3.63, 3.8) is 0 Å². The molecule has 0 aliphatic carbocycles. The van der Waals surface area contributed by atoms with Crippen molar-refractivity contribution in [2.24, 2.45) is 0 Å². The van der Waals surface area contributed by atoms with E-state index in [4.69, 9.17) is 4.74 Å². The zero-order chi connectivity index (χ0) is 14.3. The third-order valence-electron chi connectivity index (χ3n) is 2.15. The quantitative estimate of drug-likeness (QED) is 0.540. The van der Waals surface area contributed by atoms with Gasteiger partial charge in [0.25, 0.3) is 5.88 Å². The minimum Gasteiger partial charge on any atom is -0.476 e. The van der Waals surface area contributed by atoms with E-state index in [1.54, 1.807) is 0 Å². The molecule has 0 spiro atoms. The molecular formula is C10H15N5O4. The maximum Gasteiger partial charge on any atom is 0.372 e. The first kappa shape index (κ1) is 14.6. The van der Waals surface area contributed by atoms with Crippen LogP contribution < -0.4 is 15.4 Å². The van der Waals surface area contributed by atoms with Crippen molar-refractivity contribution in [3.8, 4) is 5.88 Å². The lowest BCUT2D eigenvalue weighted by Crippen LogP contribution is -2.30. The second-order valence-electron chi connectivity index (χ2n) is 3.54. The average molecular weight is 269 g/mol. The number of hydrogen-bond acceptors (Lipinski definition) is 7. The number of aromatic nitrogens is 2. The van der Waals surface area contributed by atoms with Crippen LogP contribution in [0.5, 0.6) is 5.88 Å². The summed E-state index contributed by atoms with van der Waals surface area (Å²) in [5.74, 6) is -0.478. The van der Waals surface area contributed by atoms with Crippen LogP contribution in [0.4, 0.5) is 11.5 Å². The van der Waals surface area contributed by atoms with E-state index in [1.807, 2.05) is 6.92 Å². The first-order valence-electron chi connectivity index (χ1n) is 5.64. The molecule has 0 atom stereocenters. The number of nitrogens with one attached hydrogen (secondary N) is 2. The highest BCUT2D eigenvalue weighted by Crippen LogP contribution is 2.29. The van der Waals surface area contributed by atoms with Gasteiger partial charge in [0.15, 0.2) is 0 Å². The fourth-order valence-corrected chi connectivity index (χ4v) is 1.30. The van der Waals surface area contributed by atoms with Gasteiger partial charge in [-0.2, -0.15) is 4.98 Å². The van der Waals surface area contributed by atoms with Gasteiger partial charge in [-0.1, -0.05) is 6.92 Å². The van der Waals surface area contributed by atoms with Crippen molar-refractivity contribution < 1.29 is 14.5 Å². The zero-order valence-corrected chi connectivity index (χ0v) is 10.7. The van der Waals surface area contributed by atoms with E-state index in [1.165, 1.54) is 7.11 Å². The van der Waals surface area contributed by atoms with E-state index in [0.717, 1.165) is 12.7 Å². The number of ether oxygens (including phenoxy) is 1. The van der Waals surface area contributed by atoms with E-state index in [2.05, 4.69) is 20.6 Å². The third-order valence-corrected chi connectivity index (χ3v) is 2.15. The van der Waals surface area contributed by atoms with Crippen molar-refractivity contribution in [1.29, 1.82) is 0 Å². The molecule has 1 heterocycles. The normalized spacial score (nSPS) is 9.79. The smallest absolute Gasteiger partial charge is 0.372 e. The minimum absolute atomic E-state index is 0.0523. The van der Waals surface area contributed by atoms with Crippen molar-refractivity contribution in [2.75, 3.05) is 25.5 Å². The molecule has 0 bridgehead atoms. The predicted octanol–water partition coefficient (Wildman–Crippen LogP) is 0.331. The summed E-state index contributed by atoms with van der Waals surface area (Å²) in [5.41, 5.74) is -0.395. The maximum absolute atomic E-state index is 11.4. The molecule has 0 radical (unpaired) electrons. The molecule has 2 N–H and O–H groups in total. The molecule has 104 valence electrons. The molecule has 9 heteroatoms. The van der Waals surface area contributed by atoms with Crippen molar-refractivity contribution >= 4 is 17.4 Å². The molecule has 1 rings (SSSR count). The van der Waals surface area contributed by atoms with Gasteiger partial charge in [-0.25, -0.2) is 4.98 Å². The lowest BCUT2D eigenvalue weighted by Gasteiger charge is -2.07. The highest BCUT2D eigenvalue weighted by molar-refractivity contribution is 5.81. The molecule has 1 amide bonds. The Morgan fingerprint density at radius 1 is 1.53 bits per heavy atom. The molecule has 1 aromatic rings. The van der Waals surface area contributed by atoms with Crippen LogP contribution in [0.1, 0.15) is 13.3 Å². The number of anilines is 1. The van der Waals surface area contributed by atoms with Crippen LogP contribution in [-0.4, -0.2) is 41.0 Å². The van der Waals surface area contributed by atoms with Gasteiger partial charge in [0.1, 0.15) is 6.33 Å². The Bertz CT molecular complexity index is 465. The summed E-state index contributed by atoms with van der Waals surface area (Å²) >= 11 is 0. The van der Waals surface area contributed by atoms with E-state index in [0.29, 0.717) is 6.54 Å². The molecule has 0 aliphatic heterocycles. The number of methoxy groups -OCH3 is 1. The number of amides is 1. The molecule has 9 nitrogen and oxygen atoms in total. The molecule has 0 fully saturated rings. The Kier molecular flexibility index (Phi) is 5.45. The van der Waals surface area contributed by atoms with Gasteiger partial charge in [0.2, 0.25) is 11.7 Å². The van der Waals surface area contributed by atoms with E-state index in [9.17, 15) is 14.9 Å². The summed E-state index contributed by atoms with van der Waals surface area (Å²) < 4.78 is 4.79. The SMILES string of the molecule is CCCNC(=O)CNc1ncnc(OC)c1[N+](=O)[O-]. The Balaban J connectivity index is 2.78. The van der Waals surface area contributed by atoms with Gasteiger partial charge in [-0.05, 0) is 6.42 Å². The third kappa shape index (κ3) is 4.05. The molecular weight excluding hydrogens is 254 g/mol. The Morgan fingerprint density at radius 2 is 2.26 bits per heavy atom. The second-order valence-corrected chi connectivity index (χ2v) is 3.54. The molecule has 19 heavy (non-hydrogen) atoms. The lowest BCUT2D eigenvalue weighted by molar-refractivity contribution is -0.385. The molecule has 0 saturated heterocycles. The van der Waals surface area contributed by atoms with Gasteiger partial charge in [-0.3, -0.25) is 14.9 Å². The van der Waals surface area contributed by atoms with Crippen LogP contribution in [0.15, 0.2) is 6.33 Å². The van der Waals surface area contributed by atoms with Crippen molar-refractivity contribution in [1.82, 2.24) is 15.3 Å². The molecule has 1 aromatic heterocycles. The molecule has 0 saturated carbocycles. The summed E-state index contributed by atoms with van der Waals surface area (Å²) in [6.07, 6.45) is 1.94. The highest BCUT2D eigenvalue weighted by Gasteiger charge is 2.23. The van der Waals surface area contributed by atoms with Crippen LogP contribution in [0, 0.1) is 10.1 Å². The fraction of sp³-hybridized carbons (Fsp3) is 0.500. The summed E-state index contributed by atoms with van der Waals surface area (Å²) in [5, 5.41) is 16.2. The monoisotopic (exact) mass is 269 g/mol. The van der Waals surface area contributed by atoms with E-state index in [-0.39, 0.29) is 24.1 Å². The first-order chi connectivity index (χ1) is 9.10. The average Bonchev–Trinajstić information content (AvgIpc) is 2.41. The first-order valence-corrected chi connectivity index (χ1v) is 5.64. The van der Waals surface area contributed by atoms with Crippen LogP contribution in [0.25, 0.3) is 0 Å². The largest absolute Gasteiger partial charge is 0.476 e. The standard InChI is InChI=1S/C10H15N5O4/c1-3-4-11-7(16)5-12-9-8(15(17)18)10(19-2)14-6-13-9/h6H,3-5H2,1-2H3,(H,11,16)(H,12,13,14). The van der Waals surface area contributed by atoms with Gasteiger partial charge >= 0.3 is 5.69 Å². The zero-order valence-electron chi connectivity index (χ0n) is 10.7. The minimum atomic E-state index is -0.662. The molecule has 0 unspecified atom stereocenters. The summed E-state index contributed by atoms with van der Waals surface area (Å²) in [4.78, 5) is 29.0.